The molecule has 0 aliphatic carbocycles. The van der Waals surface area contributed by atoms with Crippen molar-refractivity contribution in [2.75, 3.05) is 11.9 Å². The molecule has 0 saturated carbocycles. The molecule has 0 radical (unpaired) electrons. The van der Waals surface area contributed by atoms with Gasteiger partial charge < -0.3 is 10.2 Å². The van der Waals surface area contributed by atoms with Gasteiger partial charge in [-0.1, -0.05) is 18.6 Å². The minimum Gasteiger partial charge on any atom is -0.338 e. The number of amides is 2. The first-order chi connectivity index (χ1) is 15.8. The summed E-state index contributed by atoms with van der Waals surface area (Å²) in [6, 6.07) is 13.5. The Morgan fingerprint density at radius 2 is 1.73 bits per heavy atom. The lowest BCUT2D eigenvalue weighted by Crippen LogP contribution is -2.47. The number of hydrogen-bond acceptors (Lipinski definition) is 4. The van der Waals surface area contributed by atoms with Gasteiger partial charge in [-0.15, -0.1) is 0 Å². The number of piperidine rings is 1. The molecular formula is C25H31N3O4S. The van der Waals surface area contributed by atoms with Crippen LogP contribution in [0.15, 0.2) is 53.4 Å². The van der Waals surface area contributed by atoms with Crippen LogP contribution in [0.1, 0.15) is 61.9 Å². The van der Waals surface area contributed by atoms with Gasteiger partial charge in [-0.2, -0.15) is 4.31 Å². The van der Waals surface area contributed by atoms with Crippen LogP contribution in [0.3, 0.4) is 0 Å². The van der Waals surface area contributed by atoms with Crippen LogP contribution in [-0.4, -0.2) is 48.1 Å². The number of carbonyl (C=O) groups excluding carboxylic acids is 2. The summed E-state index contributed by atoms with van der Waals surface area (Å²) in [5, 5.41) is 2.84. The van der Waals surface area contributed by atoms with E-state index >= 15 is 0 Å². The molecule has 33 heavy (non-hydrogen) atoms. The van der Waals surface area contributed by atoms with Crippen LogP contribution in [0.25, 0.3) is 0 Å². The summed E-state index contributed by atoms with van der Waals surface area (Å²) >= 11 is 0. The van der Waals surface area contributed by atoms with Crippen LogP contribution in [-0.2, 0) is 21.4 Å². The highest BCUT2D eigenvalue weighted by Crippen LogP contribution is 2.30. The molecule has 2 aromatic rings. The molecule has 2 saturated heterocycles. The van der Waals surface area contributed by atoms with Crippen LogP contribution in [0, 0.1) is 0 Å². The van der Waals surface area contributed by atoms with Crippen molar-refractivity contribution < 1.29 is 18.0 Å². The zero-order chi connectivity index (χ0) is 23.6. The lowest BCUT2D eigenvalue weighted by molar-refractivity contribution is -0.128. The van der Waals surface area contributed by atoms with Gasteiger partial charge in [-0.25, -0.2) is 8.42 Å². The number of anilines is 1. The Kier molecular flexibility index (Phi) is 6.86. The second kappa shape index (κ2) is 9.65. The van der Waals surface area contributed by atoms with Gasteiger partial charge in [0, 0.05) is 42.8 Å². The van der Waals surface area contributed by atoms with E-state index in [2.05, 4.69) is 5.32 Å². The third kappa shape index (κ3) is 5.12. The summed E-state index contributed by atoms with van der Waals surface area (Å²) in [7, 11) is -3.59. The molecule has 2 aromatic carbocycles. The highest BCUT2D eigenvalue weighted by Gasteiger charge is 2.35. The standard InChI is InChI=1S/C25H31N3O4S/c1-18-6-3-7-19(2)28(18)33(31,32)23-13-11-22(12-14-23)26-25(30)21-9-4-8-20(16-21)17-27-15-5-10-24(27)29/h4,8-9,11-14,16,18-19H,3,5-7,10,15,17H2,1-2H3,(H,26,30). The fraction of sp³-hybridized carbons (Fsp3) is 0.440. The summed E-state index contributed by atoms with van der Waals surface area (Å²) in [4.78, 5) is 26.7. The van der Waals surface area contributed by atoms with E-state index in [9.17, 15) is 18.0 Å². The lowest BCUT2D eigenvalue weighted by atomic mass is 10.0. The minimum absolute atomic E-state index is 0.0266. The van der Waals surface area contributed by atoms with Crippen molar-refractivity contribution in [1.82, 2.24) is 9.21 Å². The Bertz CT molecular complexity index is 1120. The van der Waals surface area contributed by atoms with Gasteiger partial charge in [0.25, 0.3) is 5.91 Å². The van der Waals surface area contributed by atoms with Gasteiger partial charge in [0.15, 0.2) is 0 Å². The second-order valence-electron chi connectivity index (χ2n) is 9.06. The number of rotatable bonds is 6. The fourth-order valence-corrected chi connectivity index (χ4v) is 6.69. The highest BCUT2D eigenvalue weighted by molar-refractivity contribution is 7.89. The van der Waals surface area contributed by atoms with Gasteiger partial charge in [0.05, 0.1) is 4.90 Å². The van der Waals surface area contributed by atoms with Crippen molar-refractivity contribution in [2.24, 2.45) is 0 Å². The third-order valence-corrected chi connectivity index (χ3v) is 8.68. The molecule has 2 heterocycles. The number of nitrogens with one attached hydrogen (secondary N) is 1. The largest absolute Gasteiger partial charge is 0.338 e. The van der Waals surface area contributed by atoms with Crippen LogP contribution in [0.4, 0.5) is 5.69 Å². The smallest absolute Gasteiger partial charge is 0.255 e. The molecule has 0 aromatic heterocycles. The summed E-state index contributed by atoms with van der Waals surface area (Å²) in [5.41, 5.74) is 1.93. The number of nitrogens with zero attached hydrogens (tertiary/aromatic N) is 2. The van der Waals surface area contributed by atoms with Crippen LogP contribution < -0.4 is 5.32 Å². The molecule has 176 valence electrons. The first kappa shape index (κ1) is 23.4. The maximum atomic E-state index is 13.2. The molecule has 7 nitrogen and oxygen atoms in total. The highest BCUT2D eigenvalue weighted by atomic mass is 32.2. The molecule has 2 aliphatic heterocycles. The van der Waals surface area contributed by atoms with E-state index in [0.717, 1.165) is 37.8 Å². The normalized spacial score (nSPS) is 21.9. The van der Waals surface area contributed by atoms with Crippen LogP contribution in [0.2, 0.25) is 0 Å². The van der Waals surface area contributed by atoms with E-state index < -0.39 is 10.0 Å². The van der Waals surface area contributed by atoms with E-state index in [-0.39, 0.29) is 28.8 Å². The van der Waals surface area contributed by atoms with Gasteiger partial charge >= 0.3 is 0 Å². The van der Waals surface area contributed by atoms with Gasteiger partial charge in [-0.3, -0.25) is 9.59 Å². The fourth-order valence-electron chi connectivity index (χ4n) is 4.81. The molecule has 4 rings (SSSR count). The Hall–Kier alpha value is -2.71. The quantitative estimate of drug-likeness (QED) is 0.692. The zero-order valence-electron chi connectivity index (χ0n) is 19.2. The van der Waals surface area contributed by atoms with Crippen molar-refractivity contribution >= 4 is 27.5 Å². The first-order valence-electron chi connectivity index (χ1n) is 11.6. The monoisotopic (exact) mass is 469 g/mol. The maximum Gasteiger partial charge on any atom is 0.255 e. The summed E-state index contributed by atoms with van der Waals surface area (Å²) in [5.74, 6) is -0.133. The third-order valence-electron chi connectivity index (χ3n) is 6.53. The molecule has 8 heteroatoms. The van der Waals surface area contributed by atoms with E-state index in [4.69, 9.17) is 0 Å². The number of sulfonamides is 1. The summed E-state index contributed by atoms with van der Waals surface area (Å²) in [6.07, 6.45) is 4.22. The van der Waals surface area contributed by atoms with Crippen molar-refractivity contribution in [2.45, 2.75) is 69.5 Å². The van der Waals surface area contributed by atoms with E-state index in [1.54, 1.807) is 51.7 Å². The molecule has 2 fully saturated rings. The predicted octanol–water partition coefficient (Wildman–Crippen LogP) is 4.01. The molecule has 0 spiro atoms. The predicted molar refractivity (Wildman–Crippen MR) is 127 cm³/mol. The van der Waals surface area contributed by atoms with E-state index in [1.807, 2.05) is 19.9 Å². The SMILES string of the molecule is CC1CCCC(C)N1S(=O)(=O)c1ccc(NC(=O)c2cccc(CN3CCCC3=O)c2)cc1. The van der Waals surface area contributed by atoms with Crippen LogP contribution in [0.5, 0.6) is 0 Å². The first-order valence-corrected chi connectivity index (χ1v) is 13.0. The summed E-state index contributed by atoms with van der Waals surface area (Å²) < 4.78 is 28.0. The molecule has 0 bridgehead atoms. The number of benzene rings is 2. The number of likely N-dealkylation sites (tertiary alicyclic amines) is 1. The topological polar surface area (TPSA) is 86.8 Å². The summed E-state index contributed by atoms with van der Waals surface area (Å²) in [6.45, 7) is 5.16. The van der Waals surface area contributed by atoms with Crippen molar-refractivity contribution in [1.29, 1.82) is 0 Å². The molecule has 2 atom stereocenters. The van der Waals surface area contributed by atoms with E-state index in [0.29, 0.717) is 24.2 Å². The van der Waals surface area contributed by atoms with Gasteiger partial charge in [0.2, 0.25) is 15.9 Å². The number of carbonyl (C=O) groups is 2. The second-order valence-corrected chi connectivity index (χ2v) is 10.9. The Morgan fingerprint density at radius 3 is 2.36 bits per heavy atom. The average molecular weight is 470 g/mol. The Balaban J connectivity index is 1.44. The van der Waals surface area contributed by atoms with Crippen molar-refractivity contribution in [3.63, 3.8) is 0 Å². The Labute approximate surface area is 195 Å². The van der Waals surface area contributed by atoms with Gasteiger partial charge in [-0.05, 0) is 75.1 Å². The van der Waals surface area contributed by atoms with E-state index in [1.165, 1.54) is 0 Å². The lowest BCUT2D eigenvalue weighted by Gasteiger charge is -2.37. The Morgan fingerprint density at radius 1 is 1.03 bits per heavy atom. The van der Waals surface area contributed by atoms with Gasteiger partial charge in [0.1, 0.15) is 0 Å². The molecule has 2 aliphatic rings. The number of hydrogen-bond donors (Lipinski definition) is 1. The zero-order valence-corrected chi connectivity index (χ0v) is 20.0. The average Bonchev–Trinajstić information content (AvgIpc) is 3.18. The molecular weight excluding hydrogens is 438 g/mol. The maximum absolute atomic E-state index is 13.2. The van der Waals surface area contributed by atoms with Crippen LogP contribution >= 0.6 is 0 Å². The van der Waals surface area contributed by atoms with Crippen molar-refractivity contribution in [3.05, 3.63) is 59.7 Å². The molecule has 2 unspecified atom stereocenters. The minimum atomic E-state index is -3.59. The molecule has 2 amide bonds. The van der Waals surface area contributed by atoms with Crippen molar-refractivity contribution in [3.8, 4) is 0 Å². The molecule has 1 N–H and O–H groups in total.